The predicted octanol–water partition coefficient (Wildman–Crippen LogP) is 4.40. The van der Waals surface area contributed by atoms with Gasteiger partial charge in [-0.2, -0.15) is 0 Å². The van der Waals surface area contributed by atoms with Crippen molar-refractivity contribution in [3.8, 4) is 5.75 Å². The zero-order valence-electron chi connectivity index (χ0n) is 11.2. The molecular formula is C16H18FNO. The molecule has 0 radical (unpaired) electrons. The summed E-state index contributed by atoms with van der Waals surface area (Å²) in [6, 6.07) is 14.9. The molecule has 19 heavy (non-hydrogen) atoms. The van der Waals surface area contributed by atoms with E-state index in [2.05, 4.69) is 24.4 Å². The second-order valence-electron chi connectivity index (χ2n) is 4.36. The van der Waals surface area contributed by atoms with Gasteiger partial charge in [-0.15, -0.1) is 0 Å². The molecule has 0 bridgehead atoms. The lowest BCUT2D eigenvalue weighted by Crippen LogP contribution is -2.10. The van der Waals surface area contributed by atoms with E-state index in [-0.39, 0.29) is 11.9 Å². The van der Waals surface area contributed by atoms with Crippen LogP contribution in [0.3, 0.4) is 0 Å². The number of hydrogen-bond donors (Lipinski definition) is 1. The van der Waals surface area contributed by atoms with Crippen LogP contribution in [0.1, 0.15) is 24.9 Å². The Bertz CT molecular complexity index is 528. The molecule has 0 spiro atoms. The largest absolute Gasteiger partial charge is 0.494 e. The molecule has 0 aliphatic carbocycles. The highest BCUT2D eigenvalue weighted by atomic mass is 19.1. The van der Waals surface area contributed by atoms with E-state index in [0.29, 0.717) is 5.75 Å². The fourth-order valence-electron chi connectivity index (χ4n) is 2.08. The summed E-state index contributed by atoms with van der Waals surface area (Å²) >= 11 is 0. The van der Waals surface area contributed by atoms with Gasteiger partial charge in [-0.05, 0) is 24.1 Å². The first-order chi connectivity index (χ1) is 9.24. The lowest BCUT2D eigenvalue weighted by atomic mass is 10.0. The SMILES string of the molecule is CCC(Nc1ccc(F)cc1OC)c1ccccc1. The lowest BCUT2D eigenvalue weighted by molar-refractivity contribution is 0.412. The van der Waals surface area contributed by atoms with Gasteiger partial charge in [0.25, 0.3) is 0 Å². The van der Waals surface area contributed by atoms with Crippen LogP contribution < -0.4 is 10.1 Å². The maximum absolute atomic E-state index is 13.2. The zero-order valence-corrected chi connectivity index (χ0v) is 11.2. The van der Waals surface area contributed by atoms with E-state index in [4.69, 9.17) is 4.74 Å². The van der Waals surface area contributed by atoms with Gasteiger partial charge in [0.2, 0.25) is 0 Å². The maximum atomic E-state index is 13.2. The first-order valence-electron chi connectivity index (χ1n) is 6.39. The van der Waals surface area contributed by atoms with Gasteiger partial charge in [-0.25, -0.2) is 4.39 Å². The summed E-state index contributed by atoms with van der Waals surface area (Å²) in [7, 11) is 1.55. The van der Waals surface area contributed by atoms with Gasteiger partial charge >= 0.3 is 0 Å². The van der Waals surface area contributed by atoms with E-state index in [0.717, 1.165) is 12.1 Å². The Morgan fingerprint density at radius 2 is 1.89 bits per heavy atom. The standard InChI is InChI=1S/C16H18FNO/c1-3-14(12-7-5-4-6-8-12)18-15-10-9-13(17)11-16(15)19-2/h4-11,14,18H,3H2,1-2H3. The molecule has 2 aromatic carbocycles. The molecule has 0 fully saturated rings. The summed E-state index contributed by atoms with van der Waals surface area (Å²) < 4.78 is 18.4. The fraction of sp³-hybridized carbons (Fsp3) is 0.250. The van der Waals surface area contributed by atoms with Crippen LogP contribution >= 0.6 is 0 Å². The summed E-state index contributed by atoms with van der Waals surface area (Å²) in [4.78, 5) is 0. The minimum absolute atomic E-state index is 0.181. The highest BCUT2D eigenvalue weighted by Gasteiger charge is 2.12. The molecule has 100 valence electrons. The highest BCUT2D eigenvalue weighted by molar-refractivity contribution is 5.57. The van der Waals surface area contributed by atoms with Crippen molar-refractivity contribution >= 4 is 5.69 Å². The number of halogens is 1. The molecule has 1 N–H and O–H groups in total. The molecule has 1 atom stereocenters. The summed E-state index contributed by atoms with van der Waals surface area (Å²) in [5.74, 6) is 0.226. The molecule has 0 amide bonds. The Labute approximate surface area is 113 Å². The Morgan fingerprint density at radius 1 is 1.16 bits per heavy atom. The third-order valence-electron chi connectivity index (χ3n) is 3.10. The molecule has 0 heterocycles. The molecule has 2 nitrogen and oxygen atoms in total. The normalized spacial score (nSPS) is 11.9. The number of anilines is 1. The molecule has 0 aromatic heterocycles. The fourth-order valence-corrected chi connectivity index (χ4v) is 2.08. The summed E-state index contributed by atoms with van der Waals surface area (Å²) in [5.41, 5.74) is 2.01. The molecule has 0 saturated heterocycles. The molecule has 0 aliphatic rings. The number of ether oxygens (including phenoxy) is 1. The van der Waals surface area contributed by atoms with Crippen LogP contribution in [0.4, 0.5) is 10.1 Å². The van der Waals surface area contributed by atoms with Crippen molar-refractivity contribution in [3.63, 3.8) is 0 Å². The maximum Gasteiger partial charge on any atom is 0.144 e. The lowest BCUT2D eigenvalue weighted by Gasteiger charge is -2.20. The van der Waals surface area contributed by atoms with Crippen LogP contribution in [0.5, 0.6) is 5.75 Å². The van der Waals surface area contributed by atoms with Gasteiger partial charge in [-0.1, -0.05) is 37.3 Å². The van der Waals surface area contributed by atoms with Crippen molar-refractivity contribution < 1.29 is 9.13 Å². The Kier molecular flexibility index (Phi) is 4.39. The second-order valence-corrected chi connectivity index (χ2v) is 4.36. The zero-order chi connectivity index (χ0) is 13.7. The smallest absolute Gasteiger partial charge is 0.144 e. The van der Waals surface area contributed by atoms with E-state index in [1.54, 1.807) is 13.2 Å². The van der Waals surface area contributed by atoms with Crippen LogP contribution in [0.2, 0.25) is 0 Å². The predicted molar refractivity (Wildman–Crippen MR) is 76.0 cm³/mol. The van der Waals surface area contributed by atoms with Crippen LogP contribution in [-0.4, -0.2) is 7.11 Å². The summed E-state index contributed by atoms with van der Waals surface area (Å²) in [6.07, 6.45) is 0.935. The van der Waals surface area contributed by atoms with Gasteiger partial charge in [0.05, 0.1) is 18.8 Å². The minimum Gasteiger partial charge on any atom is -0.494 e. The summed E-state index contributed by atoms with van der Waals surface area (Å²) in [5, 5.41) is 3.40. The third kappa shape index (κ3) is 3.25. The first kappa shape index (κ1) is 13.4. The van der Waals surface area contributed by atoms with E-state index in [1.165, 1.54) is 17.7 Å². The van der Waals surface area contributed by atoms with Crippen molar-refractivity contribution in [2.75, 3.05) is 12.4 Å². The van der Waals surface area contributed by atoms with Crippen molar-refractivity contribution in [2.24, 2.45) is 0 Å². The topological polar surface area (TPSA) is 21.3 Å². The van der Waals surface area contributed by atoms with E-state index in [9.17, 15) is 4.39 Å². The van der Waals surface area contributed by atoms with Crippen molar-refractivity contribution in [3.05, 3.63) is 59.9 Å². The van der Waals surface area contributed by atoms with E-state index < -0.39 is 0 Å². The molecular weight excluding hydrogens is 241 g/mol. The number of hydrogen-bond acceptors (Lipinski definition) is 2. The number of nitrogens with one attached hydrogen (secondary N) is 1. The number of methoxy groups -OCH3 is 1. The molecule has 3 heteroatoms. The molecule has 2 rings (SSSR count). The monoisotopic (exact) mass is 259 g/mol. The van der Waals surface area contributed by atoms with E-state index in [1.807, 2.05) is 18.2 Å². The van der Waals surface area contributed by atoms with Crippen LogP contribution in [-0.2, 0) is 0 Å². The Hall–Kier alpha value is -2.03. The second kappa shape index (κ2) is 6.23. The van der Waals surface area contributed by atoms with E-state index >= 15 is 0 Å². The van der Waals surface area contributed by atoms with Crippen molar-refractivity contribution in [1.29, 1.82) is 0 Å². The van der Waals surface area contributed by atoms with Gasteiger partial charge in [-0.3, -0.25) is 0 Å². The highest BCUT2D eigenvalue weighted by Crippen LogP contribution is 2.30. The number of benzene rings is 2. The average molecular weight is 259 g/mol. The molecule has 0 saturated carbocycles. The van der Waals surface area contributed by atoms with Crippen molar-refractivity contribution in [2.45, 2.75) is 19.4 Å². The van der Waals surface area contributed by atoms with Crippen LogP contribution in [0.25, 0.3) is 0 Å². The van der Waals surface area contributed by atoms with Gasteiger partial charge in [0.15, 0.2) is 0 Å². The van der Waals surface area contributed by atoms with Crippen LogP contribution in [0.15, 0.2) is 48.5 Å². The molecule has 0 aliphatic heterocycles. The first-order valence-corrected chi connectivity index (χ1v) is 6.39. The Morgan fingerprint density at radius 3 is 2.53 bits per heavy atom. The Balaban J connectivity index is 2.24. The quantitative estimate of drug-likeness (QED) is 0.859. The minimum atomic E-state index is -0.296. The van der Waals surface area contributed by atoms with Gasteiger partial charge < -0.3 is 10.1 Å². The molecule has 1 unspecified atom stereocenters. The van der Waals surface area contributed by atoms with Crippen molar-refractivity contribution in [1.82, 2.24) is 0 Å². The molecule has 2 aromatic rings. The third-order valence-corrected chi connectivity index (χ3v) is 3.10. The van der Waals surface area contributed by atoms with Gasteiger partial charge in [0.1, 0.15) is 11.6 Å². The van der Waals surface area contributed by atoms with Crippen LogP contribution in [0, 0.1) is 5.82 Å². The summed E-state index contributed by atoms with van der Waals surface area (Å²) in [6.45, 7) is 2.11. The number of rotatable bonds is 5. The average Bonchev–Trinajstić information content (AvgIpc) is 2.46. The van der Waals surface area contributed by atoms with Gasteiger partial charge in [0, 0.05) is 6.07 Å².